The molecular weight excluding hydrogens is 282 g/mol. The summed E-state index contributed by atoms with van der Waals surface area (Å²) in [7, 11) is 0. The highest BCUT2D eigenvalue weighted by molar-refractivity contribution is 7.10. The summed E-state index contributed by atoms with van der Waals surface area (Å²) in [5, 5.41) is 14.5. The Labute approximate surface area is 128 Å². The monoisotopic (exact) mass is 299 g/mol. The topological polar surface area (TPSA) is 64.8 Å². The second-order valence-electron chi connectivity index (χ2n) is 5.02. The molecule has 1 N–H and O–H groups in total. The molecule has 3 rings (SSSR count). The number of rotatable bonds is 5. The molecule has 1 atom stereocenters. The van der Waals surface area contributed by atoms with E-state index < -0.39 is 0 Å². The van der Waals surface area contributed by atoms with Gasteiger partial charge in [-0.3, -0.25) is 4.90 Å². The zero-order valence-corrected chi connectivity index (χ0v) is 12.5. The minimum atomic E-state index is 0.334. The summed E-state index contributed by atoms with van der Waals surface area (Å²) in [6.07, 6.45) is 5.67. The molecule has 0 radical (unpaired) electrons. The fourth-order valence-electron chi connectivity index (χ4n) is 2.69. The van der Waals surface area contributed by atoms with E-state index in [4.69, 9.17) is 5.26 Å². The summed E-state index contributed by atoms with van der Waals surface area (Å²) in [5.41, 5.74) is 0.351. The van der Waals surface area contributed by atoms with Crippen LogP contribution in [0.15, 0.2) is 29.9 Å². The van der Waals surface area contributed by atoms with Gasteiger partial charge in [0.15, 0.2) is 11.5 Å². The van der Waals surface area contributed by atoms with Crippen molar-refractivity contribution in [1.82, 2.24) is 14.9 Å². The van der Waals surface area contributed by atoms with Crippen LogP contribution in [0.2, 0.25) is 0 Å². The van der Waals surface area contributed by atoms with E-state index in [-0.39, 0.29) is 0 Å². The summed E-state index contributed by atoms with van der Waals surface area (Å²) >= 11 is 1.78. The molecule has 0 bridgehead atoms. The Balaban J connectivity index is 1.74. The Hall–Kier alpha value is -1.97. The minimum absolute atomic E-state index is 0.334. The fraction of sp³-hybridized carbons (Fsp3) is 0.400. The van der Waals surface area contributed by atoms with Crippen LogP contribution >= 0.6 is 11.3 Å². The highest BCUT2D eigenvalue weighted by Gasteiger charge is 2.24. The van der Waals surface area contributed by atoms with E-state index in [1.807, 2.05) is 0 Å². The Morgan fingerprint density at radius 1 is 1.33 bits per heavy atom. The number of nitriles is 1. The van der Waals surface area contributed by atoms with Crippen LogP contribution in [0.3, 0.4) is 0 Å². The van der Waals surface area contributed by atoms with Crippen LogP contribution in [-0.2, 0) is 0 Å². The van der Waals surface area contributed by atoms with E-state index in [0.29, 0.717) is 17.6 Å². The van der Waals surface area contributed by atoms with Gasteiger partial charge in [-0.2, -0.15) is 5.26 Å². The van der Waals surface area contributed by atoms with E-state index in [9.17, 15) is 0 Å². The van der Waals surface area contributed by atoms with Crippen LogP contribution in [-0.4, -0.2) is 34.5 Å². The first kappa shape index (κ1) is 14.0. The van der Waals surface area contributed by atoms with Gasteiger partial charge in [0.05, 0.1) is 6.04 Å². The van der Waals surface area contributed by atoms with Crippen LogP contribution in [0, 0.1) is 11.3 Å². The van der Waals surface area contributed by atoms with E-state index in [1.54, 1.807) is 23.7 Å². The molecule has 0 aliphatic carbocycles. The molecule has 2 aromatic heterocycles. The second kappa shape index (κ2) is 6.66. The summed E-state index contributed by atoms with van der Waals surface area (Å²) < 4.78 is 0. The number of nitrogens with zero attached hydrogens (tertiary/aromatic N) is 4. The van der Waals surface area contributed by atoms with Gasteiger partial charge in [-0.05, 0) is 37.4 Å². The van der Waals surface area contributed by atoms with Crippen LogP contribution in [0.4, 0.5) is 5.82 Å². The molecule has 0 saturated carbocycles. The Morgan fingerprint density at radius 2 is 2.14 bits per heavy atom. The number of hydrogen-bond donors (Lipinski definition) is 1. The molecule has 1 aliphatic heterocycles. The molecule has 6 heteroatoms. The third kappa shape index (κ3) is 3.20. The third-order valence-electron chi connectivity index (χ3n) is 3.72. The summed E-state index contributed by atoms with van der Waals surface area (Å²) in [6, 6.07) is 6.68. The molecule has 2 aromatic rings. The lowest BCUT2D eigenvalue weighted by Crippen LogP contribution is -2.30. The molecule has 5 nitrogen and oxygen atoms in total. The number of likely N-dealkylation sites (tertiary alicyclic amines) is 1. The van der Waals surface area contributed by atoms with Crippen molar-refractivity contribution in [1.29, 1.82) is 5.26 Å². The zero-order valence-electron chi connectivity index (χ0n) is 11.7. The molecule has 0 amide bonds. The highest BCUT2D eigenvalue weighted by Crippen LogP contribution is 2.28. The fourth-order valence-corrected chi connectivity index (χ4v) is 3.55. The van der Waals surface area contributed by atoms with Gasteiger partial charge in [0.25, 0.3) is 0 Å². The van der Waals surface area contributed by atoms with Gasteiger partial charge < -0.3 is 5.32 Å². The predicted octanol–water partition coefficient (Wildman–Crippen LogP) is 2.66. The van der Waals surface area contributed by atoms with Gasteiger partial charge in [-0.1, -0.05) is 6.07 Å². The Bertz CT molecular complexity index is 613. The average Bonchev–Trinajstić information content (AvgIpc) is 3.22. The van der Waals surface area contributed by atoms with Crippen molar-refractivity contribution in [3.05, 3.63) is 40.5 Å². The zero-order chi connectivity index (χ0) is 14.5. The van der Waals surface area contributed by atoms with Crippen molar-refractivity contribution in [2.24, 2.45) is 0 Å². The highest BCUT2D eigenvalue weighted by atomic mass is 32.1. The van der Waals surface area contributed by atoms with Crippen LogP contribution < -0.4 is 5.32 Å². The molecule has 108 valence electrons. The number of thiophene rings is 1. The van der Waals surface area contributed by atoms with Gasteiger partial charge in [0, 0.05) is 23.8 Å². The smallest absolute Gasteiger partial charge is 0.182 e. The van der Waals surface area contributed by atoms with Gasteiger partial charge in [0.1, 0.15) is 6.07 Å². The van der Waals surface area contributed by atoms with Crippen molar-refractivity contribution in [2.75, 3.05) is 25.0 Å². The summed E-state index contributed by atoms with van der Waals surface area (Å²) in [4.78, 5) is 12.1. The summed E-state index contributed by atoms with van der Waals surface area (Å²) in [5.74, 6) is 0.570. The first-order chi connectivity index (χ1) is 10.4. The SMILES string of the molecule is N#Cc1nccnc1NCC(c1cccs1)N1CCCC1. The maximum atomic E-state index is 9.08. The molecular formula is C15H17N5S. The Kier molecular flexibility index (Phi) is 4.43. The van der Waals surface area contributed by atoms with Gasteiger partial charge >= 0.3 is 0 Å². The van der Waals surface area contributed by atoms with Gasteiger partial charge in [-0.25, -0.2) is 9.97 Å². The minimum Gasteiger partial charge on any atom is -0.366 e. The van der Waals surface area contributed by atoms with E-state index in [1.165, 1.54) is 17.7 Å². The van der Waals surface area contributed by atoms with Gasteiger partial charge in [0.2, 0.25) is 0 Å². The second-order valence-corrected chi connectivity index (χ2v) is 6.00. The number of nitrogens with one attached hydrogen (secondary N) is 1. The maximum Gasteiger partial charge on any atom is 0.182 e. The normalized spacial score (nSPS) is 16.5. The molecule has 21 heavy (non-hydrogen) atoms. The average molecular weight is 299 g/mol. The number of hydrogen-bond acceptors (Lipinski definition) is 6. The number of aromatic nitrogens is 2. The molecule has 3 heterocycles. The number of anilines is 1. The largest absolute Gasteiger partial charge is 0.366 e. The van der Waals surface area contributed by atoms with Crippen molar-refractivity contribution >= 4 is 17.2 Å². The maximum absolute atomic E-state index is 9.08. The lowest BCUT2D eigenvalue weighted by molar-refractivity contribution is 0.259. The van der Waals surface area contributed by atoms with Crippen LogP contribution in [0.5, 0.6) is 0 Å². The van der Waals surface area contributed by atoms with Crippen molar-refractivity contribution in [3.8, 4) is 6.07 Å². The van der Waals surface area contributed by atoms with E-state index >= 15 is 0 Å². The third-order valence-corrected chi connectivity index (χ3v) is 4.69. The lowest BCUT2D eigenvalue weighted by Gasteiger charge is -2.27. The molecule has 0 spiro atoms. The van der Waals surface area contributed by atoms with Crippen molar-refractivity contribution in [3.63, 3.8) is 0 Å². The first-order valence-corrected chi connectivity index (χ1v) is 7.99. The van der Waals surface area contributed by atoms with Crippen molar-refractivity contribution in [2.45, 2.75) is 18.9 Å². The predicted molar refractivity (Wildman–Crippen MR) is 83.1 cm³/mol. The van der Waals surface area contributed by atoms with E-state index in [0.717, 1.165) is 19.6 Å². The van der Waals surface area contributed by atoms with Crippen LogP contribution in [0.25, 0.3) is 0 Å². The van der Waals surface area contributed by atoms with Crippen molar-refractivity contribution < 1.29 is 0 Å². The molecule has 1 fully saturated rings. The molecule has 1 saturated heterocycles. The lowest BCUT2D eigenvalue weighted by atomic mass is 10.2. The van der Waals surface area contributed by atoms with Gasteiger partial charge in [-0.15, -0.1) is 11.3 Å². The Morgan fingerprint density at radius 3 is 2.86 bits per heavy atom. The molecule has 1 unspecified atom stereocenters. The van der Waals surface area contributed by atoms with E-state index in [2.05, 4.69) is 43.8 Å². The standard InChI is InChI=1S/C15H17N5S/c16-10-12-15(18-6-5-17-12)19-11-13(14-4-3-9-21-14)20-7-1-2-8-20/h3-6,9,13H,1-2,7-8,11H2,(H,18,19). The molecule has 0 aromatic carbocycles. The van der Waals surface area contributed by atoms with Crippen LogP contribution in [0.1, 0.15) is 29.5 Å². The summed E-state index contributed by atoms with van der Waals surface area (Å²) in [6.45, 7) is 3.01. The quantitative estimate of drug-likeness (QED) is 0.919. The first-order valence-electron chi connectivity index (χ1n) is 7.11. The molecule has 1 aliphatic rings.